The monoisotopic (exact) mass is 334 g/mol. The molecule has 1 fully saturated rings. The number of ether oxygens (including phenoxy) is 2. The number of hydrogen-bond acceptors (Lipinski definition) is 4. The summed E-state index contributed by atoms with van der Waals surface area (Å²) in [5.41, 5.74) is 1.75. The largest absolute Gasteiger partial charge is 0.453 e. The minimum absolute atomic E-state index is 0.275. The van der Waals surface area contributed by atoms with E-state index in [-0.39, 0.29) is 6.10 Å². The average molecular weight is 334 g/mol. The Morgan fingerprint density at radius 2 is 2.12 bits per heavy atom. The van der Waals surface area contributed by atoms with Crippen LogP contribution in [0.1, 0.15) is 25.3 Å². The van der Waals surface area contributed by atoms with Crippen molar-refractivity contribution in [3.8, 4) is 0 Å². The lowest BCUT2D eigenvalue weighted by Crippen LogP contribution is -2.41. The van der Waals surface area contributed by atoms with Crippen molar-refractivity contribution >= 4 is 17.7 Å². The predicted molar refractivity (Wildman–Crippen MR) is 94.3 cm³/mol. The van der Waals surface area contributed by atoms with E-state index in [1.54, 1.807) is 0 Å². The number of rotatable bonds is 6. The van der Waals surface area contributed by atoms with Crippen LogP contribution in [-0.4, -0.2) is 45.0 Å². The molecule has 0 aromatic heterocycles. The van der Waals surface area contributed by atoms with Crippen molar-refractivity contribution < 1.29 is 14.3 Å². The number of benzene rings is 1. The van der Waals surface area contributed by atoms with Gasteiger partial charge in [-0.3, -0.25) is 5.32 Å². The first-order chi connectivity index (χ1) is 11.7. The molecule has 1 atom stereocenters. The van der Waals surface area contributed by atoms with Crippen molar-refractivity contribution in [3.63, 3.8) is 0 Å². The van der Waals surface area contributed by atoms with Crippen LogP contribution in [0, 0.1) is 0 Å². The molecule has 0 radical (unpaired) electrons. The molecule has 0 spiro atoms. The van der Waals surface area contributed by atoms with Crippen LogP contribution in [0.15, 0.2) is 29.3 Å². The number of nitrogens with one attached hydrogen (secondary N) is 3. The minimum Gasteiger partial charge on any atom is -0.453 e. The van der Waals surface area contributed by atoms with Gasteiger partial charge in [0.1, 0.15) is 0 Å². The zero-order valence-electron chi connectivity index (χ0n) is 14.3. The maximum Gasteiger partial charge on any atom is 0.411 e. The van der Waals surface area contributed by atoms with Crippen molar-refractivity contribution in [2.75, 3.05) is 32.1 Å². The Labute approximate surface area is 142 Å². The van der Waals surface area contributed by atoms with E-state index >= 15 is 0 Å². The van der Waals surface area contributed by atoms with E-state index in [0.717, 1.165) is 44.1 Å². The number of anilines is 1. The molecule has 24 heavy (non-hydrogen) atoms. The van der Waals surface area contributed by atoms with Crippen molar-refractivity contribution in [1.82, 2.24) is 10.6 Å². The first-order valence-electron chi connectivity index (χ1n) is 8.29. The molecule has 1 heterocycles. The standard InChI is InChI=1S/C17H26N4O3/c1-3-18-16(20-12-15-5-4-10-24-15)19-11-13-6-8-14(9-7-13)21-17(22)23-2/h6-9,15H,3-5,10-12H2,1-2H3,(H,21,22)(H2,18,19,20). The fraction of sp³-hybridized carbons (Fsp3) is 0.529. The van der Waals surface area contributed by atoms with Crippen molar-refractivity contribution in [3.05, 3.63) is 29.8 Å². The van der Waals surface area contributed by atoms with E-state index in [1.807, 2.05) is 31.2 Å². The fourth-order valence-corrected chi connectivity index (χ4v) is 2.39. The van der Waals surface area contributed by atoms with Crippen LogP contribution in [0.2, 0.25) is 0 Å². The average Bonchev–Trinajstić information content (AvgIpc) is 3.12. The van der Waals surface area contributed by atoms with Gasteiger partial charge < -0.3 is 20.1 Å². The highest BCUT2D eigenvalue weighted by Gasteiger charge is 2.15. The Morgan fingerprint density at radius 1 is 1.33 bits per heavy atom. The van der Waals surface area contributed by atoms with Crippen LogP contribution >= 0.6 is 0 Å². The Hall–Kier alpha value is -2.28. The highest BCUT2D eigenvalue weighted by molar-refractivity contribution is 5.84. The van der Waals surface area contributed by atoms with E-state index in [1.165, 1.54) is 7.11 Å². The second-order valence-corrected chi connectivity index (χ2v) is 5.52. The summed E-state index contributed by atoms with van der Waals surface area (Å²) in [7, 11) is 1.34. The topological polar surface area (TPSA) is 84.0 Å². The number of methoxy groups -OCH3 is 1. The second-order valence-electron chi connectivity index (χ2n) is 5.52. The maximum atomic E-state index is 11.2. The SMILES string of the molecule is CCNC(=NCc1ccc(NC(=O)OC)cc1)NCC1CCCO1. The molecule has 1 aromatic carbocycles. The van der Waals surface area contributed by atoms with Crippen molar-refractivity contribution in [2.45, 2.75) is 32.4 Å². The van der Waals surface area contributed by atoms with Crippen LogP contribution in [0.4, 0.5) is 10.5 Å². The number of carbonyl (C=O) groups excluding carboxylic acids is 1. The van der Waals surface area contributed by atoms with Gasteiger partial charge in [-0.2, -0.15) is 0 Å². The van der Waals surface area contributed by atoms with Crippen LogP contribution in [0.5, 0.6) is 0 Å². The summed E-state index contributed by atoms with van der Waals surface area (Å²) in [6.45, 7) is 5.02. The minimum atomic E-state index is -0.478. The zero-order valence-corrected chi connectivity index (χ0v) is 14.3. The van der Waals surface area contributed by atoms with Gasteiger partial charge in [-0.15, -0.1) is 0 Å². The molecular weight excluding hydrogens is 308 g/mol. The number of aliphatic imine (C=N–C) groups is 1. The fourth-order valence-electron chi connectivity index (χ4n) is 2.39. The van der Waals surface area contributed by atoms with E-state index in [4.69, 9.17) is 4.74 Å². The molecule has 1 amide bonds. The van der Waals surface area contributed by atoms with Crippen molar-refractivity contribution in [1.29, 1.82) is 0 Å². The highest BCUT2D eigenvalue weighted by atomic mass is 16.5. The Balaban J connectivity index is 1.86. The van der Waals surface area contributed by atoms with Gasteiger partial charge in [0, 0.05) is 25.4 Å². The third-order valence-electron chi connectivity index (χ3n) is 3.67. The van der Waals surface area contributed by atoms with Crippen LogP contribution in [0.3, 0.4) is 0 Å². The zero-order chi connectivity index (χ0) is 17.2. The maximum absolute atomic E-state index is 11.2. The smallest absolute Gasteiger partial charge is 0.411 e. The molecule has 1 aliphatic rings. The first kappa shape index (κ1) is 18.1. The van der Waals surface area contributed by atoms with Crippen molar-refractivity contribution in [2.24, 2.45) is 4.99 Å². The summed E-state index contributed by atoms with van der Waals surface area (Å²) in [4.78, 5) is 15.7. The molecule has 0 saturated carbocycles. The lowest BCUT2D eigenvalue weighted by Gasteiger charge is -2.14. The lowest BCUT2D eigenvalue weighted by atomic mass is 10.2. The van der Waals surface area contributed by atoms with E-state index < -0.39 is 6.09 Å². The summed E-state index contributed by atoms with van der Waals surface area (Å²) in [6.07, 6.45) is 2.03. The van der Waals surface area contributed by atoms with Gasteiger partial charge in [-0.25, -0.2) is 9.79 Å². The highest BCUT2D eigenvalue weighted by Crippen LogP contribution is 2.11. The Morgan fingerprint density at radius 3 is 2.75 bits per heavy atom. The summed E-state index contributed by atoms with van der Waals surface area (Å²) in [6, 6.07) is 7.51. The van der Waals surface area contributed by atoms with Gasteiger partial charge in [0.05, 0.1) is 19.8 Å². The number of guanidine groups is 1. The van der Waals surface area contributed by atoms with Gasteiger partial charge in [-0.1, -0.05) is 12.1 Å². The molecule has 0 bridgehead atoms. The van der Waals surface area contributed by atoms with E-state index in [9.17, 15) is 4.79 Å². The second kappa shape index (κ2) is 9.77. The van der Waals surface area contributed by atoms with E-state index in [0.29, 0.717) is 12.2 Å². The third-order valence-corrected chi connectivity index (χ3v) is 3.67. The third kappa shape index (κ3) is 6.08. The molecule has 7 nitrogen and oxygen atoms in total. The molecular formula is C17H26N4O3. The van der Waals surface area contributed by atoms with Gasteiger partial charge in [-0.05, 0) is 37.5 Å². The molecule has 3 N–H and O–H groups in total. The summed E-state index contributed by atoms with van der Waals surface area (Å²) in [5, 5.41) is 9.17. The van der Waals surface area contributed by atoms with Gasteiger partial charge in [0.15, 0.2) is 5.96 Å². The van der Waals surface area contributed by atoms with Gasteiger partial charge in [0.2, 0.25) is 0 Å². The first-order valence-corrected chi connectivity index (χ1v) is 8.29. The number of amides is 1. The molecule has 2 rings (SSSR count). The van der Waals surface area contributed by atoms with Gasteiger partial charge in [0.25, 0.3) is 0 Å². The Kier molecular flexibility index (Phi) is 7.35. The Bertz CT molecular complexity index is 539. The number of hydrogen-bond donors (Lipinski definition) is 3. The lowest BCUT2D eigenvalue weighted by molar-refractivity contribution is 0.114. The van der Waals surface area contributed by atoms with Crippen LogP contribution in [0.25, 0.3) is 0 Å². The summed E-state index contributed by atoms with van der Waals surface area (Å²) < 4.78 is 10.2. The van der Waals surface area contributed by atoms with Crippen LogP contribution < -0.4 is 16.0 Å². The quantitative estimate of drug-likeness (QED) is 0.548. The molecule has 0 aliphatic carbocycles. The predicted octanol–water partition coefficient (Wildman–Crippen LogP) is 2.10. The van der Waals surface area contributed by atoms with E-state index in [2.05, 4.69) is 25.7 Å². The molecule has 1 aliphatic heterocycles. The summed E-state index contributed by atoms with van der Waals surface area (Å²) >= 11 is 0. The number of carbonyl (C=O) groups is 1. The molecule has 7 heteroatoms. The summed E-state index contributed by atoms with van der Waals surface area (Å²) in [5.74, 6) is 0.782. The normalized spacial score (nSPS) is 17.4. The van der Waals surface area contributed by atoms with Gasteiger partial charge >= 0.3 is 6.09 Å². The van der Waals surface area contributed by atoms with Crippen LogP contribution in [-0.2, 0) is 16.0 Å². The molecule has 1 saturated heterocycles. The molecule has 132 valence electrons. The number of nitrogens with zero attached hydrogens (tertiary/aromatic N) is 1. The molecule has 1 unspecified atom stereocenters. The molecule has 1 aromatic rings.